The highest BCUT2D eigenvalue weighted by molar-refractivity contribution is 5.77. The van der Waals surface area contributed by atoms with E-state index in [4.69, 9.17) is 0 Å². The van der Waals surface area contributed by atoms with E-state index in [1.54, 1.807) is 4.90 Å². The minimum absolute atomic E-state index is 0.180. The molecule has 0 unspecified atom stereocenters. The molecular weight excluding hydrogens is 176 g/mol. The summed E-state index contributed by atoms with van der Waals surface area (Å²) in [7, 11) is 1.87. The molecule has 0 aromatic heterocycles. The van der Waals surface area contributed by atoms with Crippen LogP contribution in [0.2, 0.25) is 0 Å². The van der Waals surface area contributed by atoms with Gasteiger partial charge in [0.15, 0.2) is 0 Å². The molecule has 0 heterocycles. The molecule has 0 atom stereocenters. The third-order valence-electron chi connectivity index (χ3n) is 2.13. The number of carbonyl (C=O) groups is 1. The van der Waals surface area contributed by atoms with Crippen LogP contribution in [-0.4, -0.2) is 37.0 Å². The highest BCUT2D eigenvalue weighted by Gasteiger charge is 2.08. The Kier molecular flexibility index (Phi) is 6.54. The van der Waals surface area contributed by atoms with Crippen LogP contribution in [0.3, 0.4) is 0 Å². The zero-order valence-electron chi connectivity index (χ0n) is 10.1. The first-order valence-corrected chi connectivity index (χ1v) is 5.40. The van der Waals surface area contributed by atoms with Crippen molar-refractivity contribution in [2.75, 3.05) is 20.1 Å². The quantitative estimate of drug-likeness (QED) is 0.704. The predicted octanol–water partition coefficient (Wildman–Crippen LogP) is 1.49. The number of nitrogens with zero attached hydrogens (tertiary/aromatic N) is 1. The molecule has 0 bridgehead atoms. The van der Waals surface area contributed by atoms with Crippen molar-refractivity contribution in [2.24, 2.45) is 5.92 Å². The summed E-state index contributed by atoms with van der Waals surface area (Å²) < 4.78 is 0. The first kappa shape index (κ1) is 13.4. The number of carbonyl (C=O) groups excluding carboxylic acids is 1. The summed E-state index contributed by atoms with van der Waals surface area (Å²) in [6.07, 6.45) is 1.07. The molecule has 0 aliphatic rings. The lowest BCUT2D eigenvalue weighted by molar-refractivity contribution is -0.129. The van der Waals surface area contributed by atoms with Gasteiger partial charge in [-0.15, -0.1) is 0 Å². The third-order valence-corrected chi connectivity index (χ3v) is 2.13. The van der Waals surface area contributed by atoms with Crippen LogP contribution in [0.15, 0.2) is 0 Å². The zero-order chi connectivity index (χ0) is 11.1. The van der Waals surface area contributed by atoms with Gasteiger partial charge in [-0.3, -0.25) is 4.79 Å². The normalized spacial score (nSPS) is 11.1. The Morgan fingerprint density at radius 3 is 2.29 bits per heavy atom. The van der Waals surface area contributed by atoms with Crippen LogP contribution in [0.1, 0.15) is 34.1 Å². The fraction of sp³-hybridized carbons (Fsp3) is 0.909. The minimum atomic E-state index is 0.180. The molecule has 0 aromatic rings. The van der Waals surface area contributed by atoms with Gasteiger partial charge in [-0.25, -0.2) is 0 Å². The largest absolute Gasteiger partial charge is 0.345 e. The topological polar surface area (TPSA) is 32.3 Å². The molecule has 14 heavy (non-hydrogen) atoms. The highest BCUT2D eigenvalue weighted by Crippen LogP contribution is 2.00. The molecule has 1 amide bonds. The van der Waals surface area contributed by atoms with Crippen molar-refractivity contribution < 1.29 is 4.79 Å². The summed E-state index contributed by atoms with van der Waals surface area (Å²) in [6.45, 7) is 9.74. The van der Waals surface area contributed by atoms with Crippen LogP contribution in [-0.2, 0) is 4.79 Å². The first-order valence-electron chi connectivity index (χ1n) is 5.40. The maximum atomic E-state index is 11.5. The monoisotopic (exact) mass is 200 g/mol. The lowest BCUT2D eigenvalue weighted by atomic mass is 10.1. The van der Waals surface area contributed by atoms with Crippen LogP contribution in [0.4, 0.5) is 0 Å². The number of hydrogen-bond donors (Lipinski definition) is 1. The van der Waals surface area contributed by atoms with Crippen molar-refractivity contribution >= 4 is 5.91 Å². The molecule has 3 heteroatoms. The highest BCUT2D eigenvalue weighted by atomic mass is 16.2. The van der Waals surface area contributed by atoms with Crippen molar-refractivity contribution in [3.8, 4) is 0 Å². The summed E-state index contributed by atoms with van der Waals surface area (Å²) in [6, 6.07) is 0.373. The lowest BCUT2D eigenvalue weighted by Gasteiger charge is -2.19. The van der Waals surface area contributed by atoms with Crippen LogP contribution in [0, 0.1) is 5.92 Å². The van der Waals surface area contributed by atoms with Gasteiger partial charge in [0.1, 0.15) is 0 Å². The molecule has 0 radical (unpaired) electrons. The van der Waals surface area contributed by atoms with Gasteiger partial charge < -0.3 is 10.2 Å². The summed E-state index contributed by atoms with van der Waals surface area (Å²) in [5.74, 6) is 0.836. The van der Waals surface area contributed by atoms with Crippen LogP contribution >= 0.6 is 0 Å². The van der Waals surface area contributed by atoms with Gasteiger partial charge in [-0.2, -0.15) is 0 Å². The summed E-state index contributed by atoms with van der Waals surface area (Å²) in [4.78, 5) is 13.3. The van der Waals surface area contributed by atoms with E-state index in [9.17, 15) is 4.79 Å². The summed E-state index contributed by atoms with van der Waals surface area (Å²) >= 11 is 0. The number of likely N-dealkylation sites (N-methyl/N-ethyl adjacent to an activating group) is 1. The van der Waals surface area contributed by atoms with Gasteiger partial charge in [0.05, 0.1) is 6.54 Å². The van der Waals surface area contributed by atoms with E-state index >= 15 is 0 Å². The molecule has 0 rings (SSSR count). The molecule has 84 valence electrons. The Morgan fingerprint density at radius 2 is 1.86 bits per heavy atom. The number of nitrogens with one attached hydrogen (secondary N) is 1. The minimum Gasteiger partial charge on any atom is -0.345 e. The Bertz CT molecular complexity index is 167. The third kappa shape index (κ3) is 6.89. The number of rotatable bonds is 6. The van der Waals surface area contributed by atoms with Crippen molar-refractivity contribution in [2.45, 2.75) is 40.2 Å². The molecule has 0 aliphatic heterocycles. The molecule has 0 aromatic carbocycles. The summed E-state index contributed by atoms with van der Waals surface area (Å²) in [5.41, 5.74) is 0. The van der Waals surface area contributed by atoms with Crippen molar-refractivity contribution in [1.29, 1.82) is 0 Å². The van der Waals surface area contributed by atoms with Gasteiger partial charge in [-0.05, 0) is 12.3 Å². The SMILES string of the molecule is CC(C)CCN(C)C(=O)CNC(C)C. The maximum Gasteiger partial charge on any atom is 0.236 e. The molecule has 0 saturated heterocycles. The zero-order valence-corrected chi connectivity index (χ0v) is 10.1. The number of hydrogen-bond acceptors (Lipinski definition) is 2. The molecular formula is C11H24N2O. The van der Waals surface area contributed by atoms with Crippen LogP contribution < -0.4 is 5.32 Å². The van der Waals surface area contributed by atoms with Gasteiger partial charge in [0, 0.05) is 19.6 Å². The van der Waals surface area contributed by atoms with E-state index < -0.39 is 0 Å². The van der Waals surface area contributed by atoms with E-state index in [0.717, 1.165) is 13.0 Å². The van der Waals surface area contributed by atoms with Crippen LogP contribution in [0.25, 0.3) is 0 Å². The van der Waals surface area contributed by atoms with E-state index in [0.29, 0.717) is 18.5 Å². The first-order chi connectivity index (χ1) is 6.43. The van der Waals surface area contributed by atoms with Gasteiger partial charge in [-0.1, -0.05) is 27.7 Å². The van der Waals surface area contributed by atoms with E-state index in [1.807, 2.05) is 20.9 Å². The predicted molar refractivity (Wildman–Crippen MR) is 60.2 cm³/mol. The Morgan fingerprint density at radius 1 is 1.29 bits per heavy atom. The van der Waals surface area contributed by atoms with Gasteiger partial charge in [0.25, 0.3) is 0 Å². The Hall–Kier alpha value is -0.570. The van der Waals surface area contributed by atoms with Crippen molar-refractivity contribution in [3.63, 3.8) is 0 Å². The van der Waals surface area contributed by atoms with E-state index in [1.165, 1.54) is 0 Å². The Labute approximate surface area is 87.9 Å². The molecule has 0 aliphatic carbocycles. The van der Waals surface area contributed by atoms with Crippen molar-refractivity contribution in [1.82, 2.24) is 10.2 Å². The summed E-state index contributed by atoms with van der Waals surface area (Å²) in [5, 5.41) is 3.12. The molecule has 0 spiro atoms. The average Bonchev–Trinajstić information content (AvgIpc) is 2.09. The second-order valence-corrected chi connectivity index (χ2v) is 4.53. The lowest BCUT2D eigenvalue weighted by Crippen LogP contribution is -2.38. The maximum absolute atomic E-state index is 11.5. The smallest absolute Gasteiger partial charge is 0.236 e. The van der Waals surface area contributed by atoms with Crippen molar-refractivity contribution in [3.05, 3.63) is 0 Å². The molecule has 3 nitrogen and oxygen atoms in total. The molecule has 0 saturated carbocycles. The Balaban J connectivity index is 3.65. The standard InChI is InChI=1S/C11H24N2O/c1-9(2)6-7-13(5)11(14)8-12-10(3)4/h9-10,12H,6-8H2,1-5H3. The second-order valence-electron chi connectivity index (χ2n) is 4.53. The van der Waals surface area contributed by atoms with Gasteiger partial charge in [0.2, 0.25) is 5.91 Å². The fourth-order valence-corrected chi connectivity index (χ4v) is 1.00. The molecule has 0 fully saturated rings. The van der Waals surface area contributed by atoms with E-state index in [-0.39, 0.29) is 5.91 Å². The van der Waals surface area contributed by atoms with Crippen LogP contribution in [0.5, 0.6) is 0 Å². The number of amides is 1. The van der Waals surface area contributed by atoms with E-state index in [2.05, 4.69) is 19.2 Å². The molecule has 1 N–H and O–H groups in total. The fourth-order valence-electron chi connectivity index (χ4n) is 1.00. The van der Waals surface area contributed by atoms with Gasteiger partial charge >= 0.3 is 0 Å². The average molecular weight is 200 g/mol. The second kappa shape index (κ2) is 6.82.